The summed E-state index contributed by atoms with van der Waals surface area (Å²) >= 11 is 0. The predicted molar refractivity (Wildman–Crippen MR) is 90.1 cm³/mol. The summed E-state index contributed by atoms with van der Waals surface area (Å²) in [6.45, 7) is 9.92. The van der Waals surface area contributed by atoms with Gasteiger partial charge in [0.15, 0.2) is 5.96 Å². The molecule has 1 fully saturated rings. The first-order valence-corrected chi connectivity index (χ1v) is 6.55. The summed E-state index contributed by atoms with van der Waals surface area (Å²) in [5.41, 5.74) is 0. The van der Waals surface area contributed by atoms with Crippen LogP contribution >= 0.6 is 24.0 Å². The van der Waals surface area contributed by atoms with Crippen molar-refractivity contribution in [2.75, 3.05) is 45.9 Å². The molecule has 0 amide bonds. The van der Waals surface area contributed by atoms with Gasteiger partial charge in [-0.25, -0.2) is 0 Å². The summed E-state index contributed by atoms with van der Waals surface area (Å²) in [5, 5.41) is 6.25. The fraction of sp³-hybridized carbons (Fsp3) is 0.769. The Hall–Kier alpha value is -0.520. The molecule has 0 aliphatic carbocycles. The Morgan fingerprint density at radius 2 is 2.32 bits per heavy atom. The van der Waals surface area contributed by atoms with Crippen molar-refractivity contribution in [1.82, 2.24) is 15.5 Å². The molecule has 1 unspecified atom stereocenters. The third-order valence-corrected chi connectivity index (χ3v) is 2.86. The second-order valence-corrected chi connectivity index (χ2v) is 4.28. The van der Waals surface area contributed by atoms with Crippen molar-refractivity contribution in [2.45, 2.75) is 19.9 Å². The quantitative estimate of drug-likeness (QED) is 0.316. The van der Waals surface area contributed by atoms with Crippen LogP contribution in [-0.2, 0) is 4.74 Å². The molecule has 1 atom stereocenters. The molecule has 2 N–H and O–H groups in total. The minimum absolute atomic E-state index is 0. The highest BCUT2D eigenvalue weighted by Gasteiger charge is 2.17. The predicted octanol–water partition coefficient (Wildman–Crippen LogP) is 0.513. The van der Waals surface area contributed by atoms with Crippen molar-refractivity contribution >= 4 is 29.9 Å². The highest BCUT2D eigenvalue weighted by atomic mass is 127. The number of nitrogens with one attached hydrogen (secondary N) is 2. The molecule has 1 saturated heterocycles. The lowest BCUT2D eigenvalue weighted by Gasteiger charge is -2.32. The van der Waals surface area contributed by atoms with Crippen LogP contribution in [0.3, 0.4) is 0 Å². The molecule has 19 heavy (non-hydrogen) atoms. The number of halogens is 1. The fourth-order valence-corrected chi connectivity index (χ4v) is 1.86. The van der Waals surface area contributed by atoms with Crippen molar-refractivity contribution < 1.29 is 4.74 Å². The summed E-state index contributed by atoms with van der Waals surface area (Å²) in [7, 11) is 0. The Morgan fingerprint density at radius 3 is 2.95 bits per heavy atom. The van der Waals surface area contributed by atoms with Crippen LogP contribution in [0.5, 0.6) is 0 Å². The van der Waals surface area contributed by atoms with Crippen molar-refractivity contribution in [3.05, 3.63) is 0 Å². The number of guanidine groups is 1. The number of nitrogens with zero attached hydrogens (tertiary/aromatic N) is 2. The van der Waals surface area contributed by atoms with E-state index in [9.17, 15) is 0 Å². The van der Waals surface area contributed by atoms with Crippen molar-refractivity contribution in [2.24, 2.45) is 4.99 Å². The molecule has 0 aromatic heterocycles. The lowest BCUT2D eigenvalue weighted by molar-refractivity contribution is 0.00141. The Morgan fingerprint density at radius 1 is 1.53 bits per heavy atom. The highest BCUT2D eigenvalue weighted by molar-refractivity contribution is 14.0. The van der Waals surface area contributed by atoms with E-state index in [1.165, 1.54) is 0 Å². The standard InChI is InChI=1S/C13H24N4O.HI/c1-4-6-15-13(14-5-2)16-7-8-17-9-10-18-11-12(17)3;/h1,12H,5-11H2,2-3H3,(H2,14,15,16);1H. The van der Waals surface area contributed by atoms with Crippen molar-refractivity contribution in [3.63, 3.8) is 0 Å². The SMILES string of the molecule is C#CCNC(=NCCN1CCOCC1C)NCC.I. The van der Waals surface area contributed by atoms with E-state index in [0.29, 0.717) is 12.6 Å². The van der Waals surface area contributed by atoms with Gasteiger partial charge in [-0.2, -0.15) is 0 Å². The van der Waals surface area contributed by atoms with Crippen LogP contribution in [0.1, 0.15) is 13.8 Å². The van der Waals surface area contributed by atoms with Gasteiger partial charge in [-0.3, -0.25) is 9.89 Å². The Labute approximate surface area is 133 Å². The van der Waals surface area contributed by atoms with E-state index >= 15 is 0 Å². The molecule has 6 heteroatoms. The lowest BCUT2D eigenvalue weighted by atomic mass is 10.2. The van der Waals surface area contributed by atoms with Crippen molar-refractivity contribution in [1.29, 1.82) is 0 Å². The molecule has 0 aromatic carbocycles. The van der Waals surface area contributed by atoms with Crippen molar-refractivity contribution in [3.8, 4) is 12.3 Å². The van der Waals surface area contributed by atoms with Gasteiger partial charge >= 0.3 is 0 Å². The number of aliphatic imine (C=N–C) groups is 1. The van der Waals surface area contributed by atoms with Crippen LogP contribution < -0.4 is 10.6 Å². The number of rotatable bonds is 5. The lowest BCUT2D eigenvalue weighted by Crippen LogP contribution is -2.45. The summed E-state index contributed by atoms with van der Waals surface area (Å²) in [4.78, 5) is 6.90. The zero-order valence-corrected chi connectivity index (χ0v) is 14.1. The van der Waals surface area contributed by atoms with Gasteiger partial charge in [-0.05, 0) is 13.8 Å². The monoisotopic (exact) mass is 380 g/mol. The average molecular weight is 380 g/mol. The van der Waals surface area contributed by atoms with Gasteiger partial charge in [0.2, 0.25) is 0 Å². The number of hydrogen-bond acceptors (Lipinski definition) is 3. The van der Waals surface area contributed by atoms with E-state index in [0.717, 1.165) is 45.4 Å². The minimum Gasteiger partial charge on any atom is -0.379 e. The molecule has 0 radical (unpaired) electrons. The molecule has 0 aromatic rings. The first-order valence-electron chi connectivity index (χ1n) is 6.55. The summed E-state index contributed by atoms with van der Waals surface area (Å²) in [5.74, 6) is 3.33. The zero-order valence-electron chi connectivity index (χ0n) is 11.8. The third-order valence-electron chi connectivity index (χ3n) is 2.86. The van der Waals surface area contributed by atoms with Gasteiger partial charge in [-0.1, -0.05) is 5.92 Å². The molecule has 0 bridgehead atoms. The maximum absolute atomic E-state index is 5.41. The van der Waals surface area contributed by atoms with E-state index < -0.39 is 0 Å². The van der Waals surface area contributed by atoms with Crippen LogP contribution in [0.15, 0.2) is 4.99 Å². The smallest absolute Gasteiger partial charge is 0.192 e. The Kier molecular flexibility index (Phi) is 11.0. The van der Waals surface area contributed by atoms with Crippen LogP contribution in [0.25, 0.3) is 0 Å². The molecule has 1 rings (SSSR count). The van der Waals surface area contributed by atoms with Gasteiger partial charge in [-0.15, -0.1) is 30.4 Å². The summed E-state index contributed by atoms with van der Waals surface area (Å²) < 4.78 is 5.41. The van der Waals surface area contributed by atoms with Gasteiger partial charge in [0.05, 0.1) is 26.3 Å². The zero-order chi connectivity index (χ0) is 13.2. The maximum atomic E-state index is 5.41. The minimum atomic E-state index is 0. The van der Waals surface area contributed by atoms with Crippen LogP contribution in [0.4, 0.5) is 0 Å². The molecule has 110 valence electrons. The molecule has 1 aliphatic heterocycles. The van der Waals surface area contributed by atoms with Gasteiger partial charge in [0.1, 0.15) is 0 Å². The third kappa shape index (κ3) is 7.60. The van der Waals surface area contributed by atoms with Gasteiger partial charge < -0.3 is 15.4 Å². The van der Waals surface area contributed by atoms with E-state index in [1.807, 2.05) is 6.92 Å². The van der Waals surface area contributed by atoms with Crippen LogP contribution in [0, 0.1) is 12.3 Å². The van der Waals surface area contributed by atoms with E-state index in [-0.39, 0.29) is 24.0 Å². The molecule has 1 heterocycles. The molecule has 5 nitrogen and oxygen atoms in total. The Bertz CT molecular complexity index is 304. The first kappa shape index (κ1) is 18.5. The number of ether oxygens (including phenoxy) is 1. The average Bonchev–Trinajstić information content (AvgIpc) is 2.38. The molecular weight excluding hydrogens is 355 g/mol. The topological polar surface area (TPSA) is 48.9 Å². The van der Waals surface area contributed by atoms with Gasteiger partial charge in [0, 0.05) is 25.7 Å². The molecular formula is C13H25IN4O. The van der Waals surface area contributed by atoms with Gasteiger partial charge in [0.25, 0.3) is 0 Å². The summed E-state index contributed by atoms with van der Waals surface area (Å²) in [6, 6.07) is 0.482. The Balaban J connectivity index is 0.00000324. The number of hydrogen-bond donors (Lipinski definition) is 2. The highest BCUT2D eigenvalue weighted by Crippen LogP contribution is 2.04. The molecule has 0 saturated carbocycles. The van der Waals surface area contributed by atoms with Crippen LogP contribution in [-0.4, -0.2) is 62.8 Å². The largest absolute Gasteiger partial charge is 0.379 e. The number of morpholine rings is 1. The molecule has 0 spiro atoms. The summed E-state index contributed by atoms with van der Waals surface area (Å²) in [6.07, 6.45) is 5.22. The first-order chi connectivity index (χ1) is 8.77. The second kappa shape index (κ2) is 11.3. The van der Waals surface area contributed by atoms with E-state index in [4.69, 9.17) is 11.2 Å². The second-order valence-electron chi connectivity index (χ2n) is 4.28. The molecule has 1 aliphatic rings. The van der Waals surface area contributed by atoms with E-state index in [2.05, 4.69) is 33.4 Å². The van der Waals surface area contributed by atoms with Crippen LogP contribution in [0.2, 0.25) is 0 Å². The fourth-order valence-electron chi connectivity index (χ4n) is 1.86. The maximum Gasteiger partial charge on any atom is 0.192 e. The van der Waals surface area contributed by atoms with E-state index in [1.54, 1.807) is 0 Å². The number of terminal acetylenes is 1. The normalized spacial score (nSPS) is 20.3.